The molecule has 0 saturated heterocycles. The van der Waals surface area contributed by atoms with E-state index in [0.29, 0.717) is 6.42 Å². The molecule has 1 aromatic rings. The maximum absolute atomic E-state index is 12.3. The lowest BCUT2D eigenvalue weighted by Gasteiger charge is -2.22. The molecule has 0 heterocycles. The Morgan fingerprint density at radius 1 is 1.39 bits per heavy atom. The first-order valence-corrected chi connectivity index (χ1v) is 6.51. The standard InChI is InChI=1S/C15H21NO2/c1-11-9-12(18-2)5-6-13(11)14(17)10-15(16)7-3-4-8-15/h5-6,9H,3-4,7-8,10,16H2,1-2H3. The van der Waals surface area contributed by atoms with Crippen molar-refractivity contribution in [2.75, 3.05) is 7.11 Å². The summed E-state index contributed by atoms with van der Waals surface area (Å²) in [6, 6.07) is 5.57. The molecule has 98 valence electrons. The first-order valence-electron chi connectivity index (χ1n) is 6.51. The monoisotopic (exact) mass is 247 g/mol. The first-order chi connectivity index (χ1) is 8.54. The minimum absolute atomic E-state index is 0.152. The van der Waals surface area contributed by atoms with Crippen molar-refractivity contribution in [2.24, 2.45) is 5.73 Å². The number of Topliss-reactive ketones (excluding diaryl/α,β-unsaturated/α-hetero) is 1. The Hall–Kier alpha value is -1.35. The van der Waals surface area contributed by atoms with Crippen LogP contribution in [0.3, 0.4) is 0 Å². The lowest BCUT2D eigenvalue weighted by Crippen LogP contribution is -2.38. The first kappa shape index (κ1) is 13.1. The fourth-order valence-corrected chi connectivity index (χ4v) is 2.75. The number of benzene rings is 1. The summed E-state index contributed by atoms with van der Waals surface area (Å²) in [6.07, 6.45) is 4.68. The summed E-state index contributed by atoms with van der Waals surface area (Å²) in [6.45, 7) is 1.94. The quantitative estimate of drug-likeness (QED) is 0.832. The summed E-state index contributed by atoms with van der Waals surface area (Å²) < 4.78 is 5.15. The number of nitrogens with two attached hydrogens (primary N) is 1. The third kappa shape index (κ3) is 2.72. The van der Waals surface area contributed by atoms with Gasteiger partial charge in [-0.1, -0.05) is 12.8 Å². The summed E-state index contributed by atoms with van der Waals surface area (Å²) in [7, 11) is 1.63. The molecule has 0 spiro atoms. The second-order valence-electron chi connectivity index (χ2n) is 5.35. The van der Waals surface area contributed by atoms with Crippen LogP contribution in [0.2, 0.25) is 0 Å². The molecule has 0 atom stereocenters. The highest BCUT2D eigenvalue weighted by Gasteiger charge is 2.32. The van der Waals surface area contributed by atoms with E-state index in [1.807, 2.05) is 25.1 Å². The van der Waals surface area contributed by atoms with E-state index in [-0.39, 0.29) is 11.3 Å². The van der Waals surface area contributed by atoms with Crippen molar-refractivity contribution >= 4 is 5.78 Å². The molecule has 3 heteroatoms. The minimum Gasteiger partial charge on any atom is -0.497 e. The van der Waals surface area contributed by atoms with Gasteiger partial charge in [0.2, 0.25) is 0 Å². The Labute approximate surface area is 108 Å². The van der Waals surface area contributed by atoms with Crippen LogP contribution in [0, 0.1) is 6.92 Å². The number of carbonyl (C=O) groups is 1. The van der Waals surface area contributed by atoms with Crippen molar-refractivity contribution < 1.29 is 9.53 Å². The highest BCUT2D eigenvalue weighted by molar-refractivity contribution is 5.98. The van der Waals surface area contributed by atoms with Crippen molar-refractivity contribution in [3.05, 3.63) is 29.3 Å². The highest BCUT2D eigenvalue weighted by Crippen LogP contribution is 2.31. The molecule has 1 saturated carbocycles. The normalized spacial score (nSPS) is 17.7. The van der Waals surface area contributed by atoms with Crippen LogP contribution < -0.4 is 10.5 Å². The summed E-state index contributed by atoms with van der Waals surface area (Å²) in [4.78, 5) is 12.3. The number of carbonyl (C=O) groups excluding carboxylic acids is 1. The summed E-state index contributed by atoms with van der Waals surface area (Å²) in [5.41, 5.74) is 7.71. The van der Waals surface area contributed by atoms with Gasteiger partial charge in [-0.3, -0.25) is 4.79 Å². The van der Waals surface area contributed by atoms with E-state index >= 15 is 0 Å². The average molecular weight is 247 g/mol. The van der Waals surface area contributed by atoms with Crippen LogP contribution in [-0.4, -0.2) is 18.4 Å². The van der Waals surface area contributed by atoms with Gasteiger partial charge in [0.1, 0.15) is 5.75 Å². The molecule has 0 unspecified atom stereocenters. The van der Waals surface area contributed by atoms with Crippen LogP contribution in [0.5, 0.6) is 5.75 Å². The predicted molar refractivity (Wildman–Crippen MR) is 72.1 cm³/mol. The van der Waals surface area contributed by atoms with Gasteiger partial charge in [0, 0.05) is 17.5 Å². The zero-order valence-corrected chi connectivity index (χ0v) is 11.2. The number of hydrogen-bond donors (Lipinski definition) is 1. The SMILES string of the molecule is COc1ccc(C(=O)CC2(N)CCCC2)c(C)c1. The van der Waals surface area contributed by atoms with Gasteiger partial charge >= 0.3 is 0 Å². The van der Waals surface area contributed by atoms with E-state index in [1.165, 1.54) is 0 Å². The molecule has 0 radical (unpaired) electrons. The van der Waals surface area contributed by atoms with Crippen molar-refractivity contribution in [2.45, 2.75) is 44.6 Å². The van der Waals surface area contributed by atoms with Crippen LogP contribution in [0.4, 0.5) is 0 Å². The van der Waals surface area contributed by atoms with E-state index in [1.54, 1.807) is 7.11 Å². The maximum Gasteiger partial charge on any atom is 0.164 e. The lowest BCUT2D eigenvalue weighted by molar-refractivity contribution is 0.0951. The second kappa shape index (κ2) is 5.11. The smallest absolute Gasteiger partial charge is 0.164 e. The molecular formula is C15H21NO2. The molecule has 1 aromatic carbocycles. The third-order valence-electron chi connectivity index (χ3n) is 3.85. The minimum atomic E-state index is -0.274. The van der Waals surface area contributed by atoms with E-state index in [2.05, 4.69) is 0 Å². The van der Waals surface area contributed by atoms with Gasteiger partial charge in [0.25, 0.3) is 0 Å². The predicted octanol–water partition coefficient (Wildman–Crippen LogP) is 2.85. The van der Waals surface area contributed by atoms with Gasteiger partial charge in [-0.05, 0) is 43.5 Å². The summed E-state index contributed by atoms with van der Waals surface area (Å²) in [5, 5.41) is 0. The van der Waals surface area contributed by atoms with Crippen LogP contribution in [0.15, 0.2) is 18.2 Å². The summed E-state index contributed by atoms with van der Waals surface area (Å²) in [5.74, 6) is 0.937. The summed E-state index contributed by atoms with van der Waals surface area (Å²) >= 11 is 0. The number of aryl methyl sites for hydroxylation is 1. The number of ketones is 1. The van der Waals surface area contributed by atoms with Crippen LogP contribution in [0.25, 0.3) is 0 Å². The molecule has 0 aliphatic heterocycles. The third-order valence-corrected chi connectivity index (χ3v) is 3.85. The van der Waals surface area contributed by atoms with E-state index in [4.69, 9.17) is 10.5 Å². The molecule has 3 nitrogen and oxygen atoms in total. The molecule has 18 heavy (non-hydrogen) atoms. The fraction of sp³-hybridized carbons (Fsp3) is 0.533. The van der Waals surface area contributed by atoms with Crippen LogP contribution in [-0.2, 0) is 0 Å². The molecule has 0 amide bonds. The molecule has 1 aliphatic rings. The Kier molecular flexibility index (Phi) is 3.71. The van der Waals surface area contributed by atoms with Gasteiger partial charge in [0.05, 0.1) is 7.11 Å². The Bertz CT molecular complexity index is 448. The van der Waals surface area contributed by atoms with E-state index in [0.717, 1.165) is 42.6 Å². The number of methoxy groups -OCH3 is 1. The van der Waals surface area contributed by atoms with Gasteiger partial charge in [-0.25, -0.2) is 0 Å². The van der Waals surface area contributed by atoms with Crippen LogP contribution in [0.1, 0.15) is 48.0 Å². The number of rotatable bonds is 4. The molecule has 2 rings (SSSR count). The molecule has 1 fully saturated rings. The maximum atomic E-state index is 12.3. The Morgan fingerprint density at radius 3 is 2.61 bits per heavy atom. The highest BCUT2D eigenvalue weighted by atomic mass is 16.5. The zero-order valence-electron chi connectivity index (χ0n) is 11.2. The lowest BCUT2D eigenvalue weighted by atomic mass is 9.89. The Balaban J connectivity index is 2.13. The van der Waals surface area contributed by atoms with Crippen molar-refractivity contribution in [1.29, 1.82) is 0 Å². The fourth-order valence-electron chi connectivity index (χ4n) is 2.75. The second-order valence-corrected chi connectivity index (χ2v) is 5.35. The van der Waals surface area contributed by atoms with E-state index in [9.17, 15) is 4.79 Å². The van der Waals surface area contributed by atoms with Crippen LogP contribution >= 0.6 is 0 Å². The van der Waals surface area contributed by atoms with Gasteiger partial charge < -0.3 is 10.5 Å². The average Bonchev–Trinajstić information content (AvgIpc) is 2.75. The van der Waals surface area contributed by atoms with Crippen molar-refractivity contribution in [3.8, 4) is 5.75 Å². The van der Waals surface area contributed by atoms with Gasteiger partial charge in [-0.2, -0.15) is 0 Å². The number of ether oxygens (including phenoxy) is 1. The molecule has 2 N–H and O–H groups in total. The van der Waals surface area contributed by atoms with E-state index < -0.39 is 0 Å². The Morgan fingerprint density at radius 2 is 2.06 bits per heavy atom. The molecular weight excluding hydrogens is 226 g/mol. The van der Waals surface area contributed by atoms with Crippen molar-refractivity contribution in [1.82, 2.24) is 0 Å². The van der Waals surface area contributed by atoms with Gasteiger partial charge in [0.15, 0.2) is 5.78 Å². The topological polar surface area (TPSA) is 52.3 Å². The molecule has 1 aliphatic carbocycles. The molecule has 0 bridgehead atoms. The zero-order chi connectivity index (χ0) is 13.2. The number of hydrogen-bond acceptors (Lipinski definition) is 3. The largest absolute Gasteiger partial charge is 0.497 e. The van der Waals surface area contributed by atoms with Gasteiger partial charge in [-0.15, -0.1) is 0 Å². The molecule has 0 aromatic heterocycles. The van der Waals surface area contributed by atoms with Crippen molar-refractivity contribution in [3.63, 3.8) is 0 Å².